The van der Waals surface area contributed by atoms with Crippen molar-refractivity contribution in [3.05, 3.63) is 95.3 Å². The van der Waals surface area contributed by atoms with E-state index in [-0.39, 0.29) is 0 Å². The Morgan fingerprint density at radius 2 is 1.57 bits per heavy atom. The smallest absolute Gasteiger partial charge is 0.171 e. The molecule has 0 aliphatic heterocycles. The van der Waals surface area contributed by atoms with Gasteiger partial charge in [0.25, 0.3) is 0 Å². The molecule has 0 amide bonds. The minimum atomic E-state index is 0.390. The molecule has 0 bridgehead atoms. The van der Waals surface area contributed by atoms with Gasteiger partial charge in [0.2, 0.25) is 0 Å². The summed E-state index contributed by atoms with van der Waals surface area (Å²) in [5, 5.41) is 2.39. The first kappa shape index (κ1) is 21.9. The van der Waals surface area contributed by atoms with Crippen molar-refractivity contribution in [2.75, 3.05) is 0 Å². The summed E-state index contributed by atoms with van der Waals surface area (Å²) in [6.45, 7) is 6.66. The second-order valence-corrected chi connectivity index (χ2v) is 7.26. The number of ether oxygens (including phenoxy) is 1. The molecule has 0 aliphatic carbocycles. The Kier molecular flexibility index (Phi) is 7.87. The summed E-state index contributed by atoms with van der Waals surface area (Å²) in [6, 6.07) is 25.1. The van der Waals surface area contributed by atoms with E-state index in [1.165, 1.54) is 16.7 Å². The summed E-state index contributed by atoms with van der Waals surface area (Å²) in [5.41, 5.74) is 4.85. The fraction of sp³-hybridized carbons (Fsp3) is 0.222. The van der Waals surface area contributed by atoms with E-state index in [1.807, 2.05) is 50.4 Å². The monoisotopic (exact) mass is 417 g/mol. The molecular formula is C27H28ClNO. The van der Waals surface area contributed by atoms with Crippen molar-refractivity contribution in [3.63, 3.8) is 0 Å². The van der Waals surface area contributed by atoms with E-state index in [2.05, 4.69) is 54.4 Å². The summed E-state index contributed by atoms with van der Waals surface area (Å²) in [6.07, 6.45) is 4.05. The molecule has 0 saturated carbocycles. The van der Waals surface area contributed by atoms with E-state index < -0.39 is 0 Å². The molecule has 1 aromatic heterocycles. The van der Waals surface area contributed by atoms with Crippen LogP contribution in [0.5, 0.6) is 5.75 Å². The third-order valence-corrected chi connectivity index (χ3v) is 5.09. The van der Waals surface area contributed by atoms with Crippen LogP contribution in [0.25, 0.3) is 21.9 Å². The molecule has 3 heteroatoms. The molecule has 154 valence electrons. The van der Waals surface area contributed by atoms with Crippen molar-refractivity contribution in [1.29, 1.82) is 0 Å². The molecule has 30 heavy (non-hydrogen) atoms. The van der Waals surface area contributed by atoms with E-state index in [4.69, 9.17) is 16.3 Å². The quantitative estimate of drug-likeness (QED) is 0.295. The number of hydrogen-bond donors (Lipinski definition) is 0. The van der Waals surface area contributed by atoms with Crippen LogP contribution in [0.1, 0.15) is 38.3 Å². The topological polar surface area (TPSA) is 22.1 Å². The predicted molar refractivity (Wildman–Crippen MR) is 128 cm³/mol. The first-order chi connectivity index (χ1) is 14.7. The molecule has 0 spiro atoms. The number of halogens is 1. The van der Waals surface area contributed by atoms with Gasteiger partial charge in [0.15, 0.2) is 10.9 Å². The van der Waals surface area contributed by atoms with Crippen LogP contribution in [0.3, 0.4) is 0 Å². The van der Waals surface area contributed by atoms with Gasteiger partial charge in [-0.1, -0.05) is 99.5 Å². The number of aryl methyl sites for hydroxylation is 1. The highest BCUT2D eigenvalue weighted by Gasteiger charge is 2.11. The molecule has 4 aromatic rings. The number of nitrogens with zero attached hydrogens (tertiary/aromatic N) is 1. The van der Waals surface area contributed by atoms with E-state index in [0.717, 1.165) is 29.2 Å². The molecule has 0 radical (unpaired) electrons. The van der Waals surface area contributed by atoms with Crippen LogP contribution in [-0.4, -0.2) is 4.98 Å². The van der Waals surface area contributed by atoms with Crippen molar-refractivity contribution < 1.29 is 4.74 Å². The summed E-state index contributed by atoms with van der Waals surface area (Å²) in [4.78, 5) is 4.34. The molecule has 0 saturated heterocycles. The first-order valence-corrected chi connectivity index (χ1v) is 11.0. The highest BCUT2D eigenvalue weighted by molar-refractivity contribution is 6.32. The maximum absolute atomic E-state index is 6.35. The van der Waals surface area contributed by atoms with E-state index in [9.17, 15) is 0 Å². The summed E-state index contributed by atoms with van der Waals surface area (Å²) < 4.78 is 6.04. The van der Waals surface area contributed by atoms with Crippen LogP contribution in [0.2, 0.25) is 5.15 Å². The van der Waals surface area contributed by atoms with Gasteiger partial charge in [0.1, 0.15) is 6.61 Å². The molecule has 0 fully saturated rings. The number of hydrogen-bond acceptors (Lipinski definition) is 2. The van der Waals surface area contributed by atoms with Crippen LogP contribution in [0.4, 0.5) is 0 Å². The third-order valence-electron chi connectivity index (χ3n) is 4.83. The standard InChI is InChI=1S/C25H22ClNO.C2H6/c1-2-7-18-10-6-11-20(14-18)21-12-13-23-22(15-21)16-27-25(26)24(23)28-17-19-8-4-3-5-9-19;1-2/h3-6,8-16H,2,7,17H2,1H3;1-2H3. The predicted octanol–water partition coefficient (Wildman–Crippen LogP) is 8.11. The lowest BCUT2D eigenvalue weighted by Gasteiger charge is -2.12. The zero-order valence-corrected chi connectivity index (χ0v) is 18.6. The number of rotatable bonds is 6. The van der Waals surface area contributed by atoms with Gasteiger partial charge in [-0.3, -0.25) is 0 Å². The average molecular weight is 418 g/mol. The van der Waals surface area contributed by atoms with Crippen LogP contribution in [0.15, 0.2) is 79.0 Å². The van der Waals surface area contributed by atoms with Crippen LogP contribution in [-0.2, 0) is 13.0 Å². The van der Waals surface area contributed by atoms with E-state index in [1.54, 1.807) is 0 Å². The molecule has 0 atom stereocenters. The van der Waals surface area contributed by atoms with Gasteiger partial charge in [-0.15, -0.1) is 0 Å². The lowest BCUT2D eigenvalue weighted by molar-refractivity contribution is 0.309. The molecule has 0 aliphatic rings. The second kappa shape index (κ2) is 10.8. The Morgan fingerprint density at radius 1 is 0.833 bits per heavy atom. The Balaban J connectivity index is 0.00000124. The van der Waals surface area contributed by atoms with Crippen LogP contribution < -0.4 is 4.74 Å². The number of aromatic nitrogens is 1. The second-order valence-electron chi connectivity index (χ2n) is 6.90. The number of benzene rings is 3. The summed E-state index contributed by atoms with van der Waals surface area (Å²) in [5.74, 6) is 0.634. The van der Waals surface area contributed by atoms with Crippen molar-refractivity contribution >= 4 is 22.4 Å². The average Bonchev–Trinajstić information content (AvgIpc) is 2.80. The van der Waals surface area contributed by atoms with E-state index >= 15 is 0 Å². The lowest BCUT2D eigenvalue weighted by Crippen LogP contribution is -1.97. The van der Waals surface area contributed by atoms with Crippen molar-refractivity contribution in [2.45, 2.75) is 40.2 Å². The first-order valence-electron chi connectivity index (χ1n) is 10.6. The molecule has 1 heterocycles. The Bertz CT molecular complexity index is 1090. The molecule has 0 N–H and O–H groups in total. The Morgan fingerprint density at radius 3 is 2.33 bits per heavy atom. The van der Waals surface area contributed by atoms with E-state index in [0.29, 0.717) is 17.5 Å². The maximum Gasteiger partial charge on any atom is 0.171 e. The fourth-order valence-electron chi connectivity index (χ4n) is 3.41. The zero-order chi connectivity index (χ0) is 21.3. The normalized spacial score (nSPS) is 10.4. The summed E-state index contributed by atoms with van der Waals surface area (Å²) >= 11 is 6.35. The van der Waals surface area contributed by atoms with Gasteiger partial charge >= 0.3 is 0 Å². The van der Waals surface area contributed by atoms with Gasteiger partial charge in [-0.05, 0) is 40.8 Å². The van der Waals surface area contributed by atoms with Crippen LogP contribution >= 0.6 is 11.6 Å². The van der Waals surface area contributed by atoms with Crippen molar-refractivity contribution in [1.82, 2.24) is 4.98 Å². The summed E-state index contributed by atoms with van der Waals surface area (Å²) in [7, 11) is 0. The van der Waals surface area contributed by atoms with Crippen molar-refractivity contribution in [2.24, 2.45) is 0 Å². The van der Waals surface area contributed by atoms with Crippen molar-refractivity contribution in [3.8, 4) is 16.9 Å². The molecule has 4 rings (SSSR count). The van der Waals surface area contributed by atoms with Gasteiger partial charge in [0.05, 0.1) is 0 Å². The minimum absolute atomic E-state index is 0.390. The zero-order valence-electron chi connectivity index (χ0n) is 17.9. The maximum atomic E-state index is 6.35. The molecule has 0 unspecified atom stereocenters. The SMILES string of the molecule is CC.CCCc1cccc(-c2ccc3c(OCc4ccccc4)c(Cl)ncc3c2)c1. The largest absolute Gasteiger partial charge is 0.485 e. The van der Waals surface area contributed by atoms with Gasteiger partial charge in [-0.25, -0.2) is 4.98 Å². The lowest BCUT2D eigenvalue weighted by atomic mass is 9.99. The van der Waals surface area contributed by atoms with Crippen LogP contribution in [0, 0.1) is 0 Å². The highest BCUT2D eigenvalue weighted by Crippen LogP contribution is 2.34. The van der Waals surface area contributed by atoms with Gasteiger partial charge in [-0.2, -0.15) is 0 Å². The molecular weight excluding hydrogens is 390 g/mol. The minimum Gasteiger partial charge on any atom is -0.485 e. The molecule has 2 nitrogen and oxygen atoms in total. The fourth-order valence-corrected chi connectivity index (χ4v) is 3.62. The number of pyridine rings is 1. The number of fused-ring (bicyclic) bond motifs is 1. The van der Waals surface area contributed by atoms with Gasteiger partial charge in [0, 0.05) is 17.0 Å². The molecule has 3 aromatic carbocycles. The Labute approximate surface area is 184 Å². The highest BCUT2D eigenvalue weighted by atomic mass is 35.5. The Hall–Kier alpha value is -2.84. The van der Waals surface area contributed by atoms with Gasteiger partial charge < -0.3 is 4.74 Å². The third kappa shape index (κ3) is 5.20.